The Morgan fingerprint density at radius 2 is 2.12 bits per heavy atom. The first kappa shape index (κ1) is 12.7. The predicted molar refractivity (Wildman–Crippen MR) is 72.9 cm³/mol. The molecule has 2 nitrogen and oxygen atoms in total. The molecule has 0 amide bonds. The second-order valence-corrected chi connectivity index (χ2v) is 7.35. The van der Waals surface area contributed by atoms with Crippen LogP contribution in [0, 0.1) is 5.82 Å². The molecule has 1 heterocycles. The monoisotopic (exact) mass is 333 g/mol. The van der Waals surface area contributed by atoms with Crippen LogP contribution in [0.15, 0.2) is 39.0 Å². The number of benzene rings is 1. The molecule has 90 valence electrons. The number of anilines is 1. The Morgan fingerprint density at radius 3 is 2.71 bits per heavy atom. The SMILES string of the molecule is Nc1ccc(S(=O)Cc2ccc(Br)s2)c(F)c1. The van der Waals surface area contributed by atoms with E-state index in [9.17, 15) is 8.60 Å². The fraction of sp³-hybridized carbons (Fsp3) is 0.0909. The summed E-state index contributed by atoms with van der Waals surface area (Å²) in [4.78, 5) is 1.15. The van der Waals surface area contributed by atoms with Crippen LogP contribution in [0.4, 0.5) is 10.1 Å². The van der Waals surface area contributed by atoms with E-state index >= 15 is 0 Å². The molecular formula is C11H9BrFNOS2. The van der Waals surface area contributed by atoms with Crippen LogP contribution >= 0.6 is 27.3 Å². The highest BCUT2D eigenvalue weighted by molar-refractivity contribution is 9.11. The molecule has 0 spiro atoms. The quantitative estimate of drug-likeness (QED) is 0.873. The highest BCUT2D eigenvalue weighted by atomic mass is 79.9. The summed E-state index contributed by atoms with van der Waals surface area (Å²) in [5, 5.41) is 0. The van der Waals surface area contributed by atoms with Crippen molar-refractivity contribution in [2.75, 3.05) is 5.73 Å². The molecule has 0 saturated heterocycles. The number of nitrogen functional groups attached to an aromatic ring is 1. The summed E-state index contributed by atoms with van der Waals surface area (Å²) in [5.41, 5.74) is 5.78. The highest BCUT2D eigenvalue weighted by Gasteiger charge is 2.12. The molecule has 0 aliphatic rings. The molecular weight excluding hydrogens is 325 g/mol. The summed E-state index contributed by atoms with van der Waals surface area (Å²) in [6.45, 7) is 0. The minimum absolute atomic E-state index is 0.198. The first-order valence-corrected chi connectivity index (χ1v) is 7.67. The topological polar surface area (TPSA) is 43.1 Å². The molecule has 2 aromatic rings. The Labute approximate surface area is 113 Å². The van der Waals surface area contributed by atoms with Crippen LogP contribution in [-0.2, 0) is 16.6 Å². The van der Waals surface area contributed by atoms with Crippen LogP contribution in [-0.4, -0.2) is 4.21 Å². The molecule has 1 unspecified atom stereocenters. The van der Waals surface area contributed by atoms with Gasteiger partial charge in [-0.05, 0) is 46.3 Å². The molecule has 1 aromatic carbocycles. The molecule has 0 bridgehead atoms. The van der Waals surface area contributed by atoms with Gasteiger partial charge < -0.3 is 5.73 Å². The number of hydrogen-bond donors (Lipinski definition) is 1. The summed E-state index contributed by atoms with van der Waals surface area (Å²) in [7, 11) is -1.38. The Hall–Kier alpha value is -0.720. The molecule has 2 N–H and O–H groups in total. The van der Waals surface area contributed by atoms with Crippen molar-refractivity contribution in [1.29, 1.82) is 0 Å². The molecule has 0 radical (unpaired) electrons. The van der Waals surface area contributed by atoms with E-state index in [0.717, 1.165) is 8.66 Å². The van der Waals surface area contributed by atoms with Gasteiger partial charge in [0.25, 0.3) is 0 Å². The van der Waals surface area contributed by atoms with Crippen LogP contribution in [0.25, 0.3) is 0 Å². The van der Waals surface area contributed by atoms with E-state index in [1.165, 1.54) is 23.5 Å². The molecule has 0 aliphatic heterocycles. The van der Waals surface area contributed by atoms with Crippen LogP contribution in [0.2, 0.25) is 0 Å². The highest BCUT2D eigenvalue weighted by Crippen LogP contribution is 2.25. The van der Waals surface area contributed by atoms with Crippen molar-refractivity contribution >= 4 is 43.8 Å². The third-order valence-electron chi connectivity index (χ3n) is 2.10. The van der Waals surface area contributed by atoms with Gasteiger partial charge in [0.2, 0.25) is 0 Å². The lowest BCUT2D eigenvalue weighted by Crippen LogP contribution is -1.99. The van der Waals surface area contributed by atoms with Gasteiger partial charge in [0.05, 0.1) is 25.2 Å². The van der Waals surface area contributed by atoms with Gasteiger partial charge in [-0.1, -0.05) is 0 Å². The second-order valence-electron chi connectivity index (χ2n) is 3.39. The van der Waals surface area contributed by atoms with Crippen molar-refractivity contribution in [3.63, 3.8) is 0 Å². The van der Waals surface area contributed by atoms with E-state index in [4.69, 9.17) is 5.73 Å². The van der Waals surface area contributed by atoms with Crippen molar-refractivity contribution in [2.24, 2.45) is 0 Å². The summed E-state index contributed by atoms with van der Waals surface area (Å²) in [5.74, 6) is -0.198. The number of hydrogen-bond acceptors (Lipinski definition) is 3. The molecule has 6 heteroatoms. The van der Waals surface area contributed by atoms with E-state index in [2.05, 4.69) is 15.9 Å². The largest absolute Gasteiger partial charge is 0.399 e. The average Bonchev–Trinajstić information content (AvgIpc) is 2.63. The summed E-state index contributed by atoms with van der Waals surface area (Å²) in [6, 6.07) is 7.99. The van der Waals surface area contributed by atoms with Crippen LogP contribution in [0.1, 0.15) is 4.88 Å². The van der Waals surface area contributed by atoms with Crippen molar-refractivity contribution in [3.8, 4) is 0 Å². The van der Waals surface area contributed by atoms with Gasteiger partial charge in [-0.2, -0.15) is 0 Å². The van der Waals surface area contributed by atoms with Crippen molar-refractivity contribution in [1.82, 2.24) is 0 Å². The second kappa shape index (κ2) is 5.29. The lowest BCUT2D eigenvalue weighted by Gasteiger charge is -2.03. The lowest BCUT2D eigenvalue weighted by molar-refractivity contribution is 0.596. The van der Waals surface area contributed by atoms with Crippen molar-refractivity contribution in [2.45, 2.75) is 10.6 Å². The zero-order chi connectivity index (χ0) is 12.4. The van der Waals surface area contributed by atoms with E-state index in [0.29, 0.717) is 11.4 Å². The summed E-state index contributed by atoms with van der Waals surface area (Å²) in [6.07, 6.45) is 0. The van der Waals surface area contributed by atoms with Gasteiger partial charge in [0.15, 0.2) is 0 Å². The molecule has 0 saturated carbocycles. The molecule has 0 fully saturated rings. The Kier molecular flexibility index (Phi) is 3.96. The zero-order valence-corrected chi connectivity index (χ0v) is 11.9. The van der Waals surface area contributed by atoms with Gasteiger partial charge in [0, 0.05) is 10.6 Å². The average molecular weight is 334 g/mol. The van der Waals surface area contributed by atoms with E-state index < -0.39 is 16.6 Å². The number of halogens is 2. The van der Waals surface area contributed by atoms with Crippen LogP contribution in [0.3, 0.4) is 0 Å². The number of rotatable bonds is 3. The normalized spacial score (nSPS) is 12.6. The maximum Gasteiger partial charge on any atom is 0.141 e. The Bertz CT molecular complexity index is 570. The molecule has 1 atom stereocenters. The third-order valence-corrected chi connectivity index (χ3v) is 5.30. The Balaban J connectivity index is 2.20. The van der Waals surface area contributed by atoms with E-state index in [1.54, 1.807) is 6.07 Å². The smallest absolute Gasteiger partial charge is 0.141 e. The van der Waals surface area contributed by atoms with Gasteiger partial charge >= 0.3 is 0 Å². The number of nitrogens with two attached hydrogens (primary N) is 1. The molecule has 0 aliphatic carbocycles. The fourth-order valence-corrected chi connectivity index (χ4v) is 4.18. The van der Waals surface area contributed by atoms with Gasteiger partial charge in [-0.3, -0.25) is 4.21 Å². The van der Waals surface area contributed by atoms with Gasteiger partial charge in [0.1, 0.15) is 5.82 Å². The van der Waals surface area contributed by atoms with Crippen molar-refractivity contribution in [3.05, 3.63) is 44.8 Å². The summed E-state index contributed by atoms with van der Waals surface area (Å²) >= 11 is 4.83. The lowest BCUT2D eigenvalue weighted by atomic mass is 10.3. The zero-order valence-electron chi connectivity index (χ0n) is 8.65. The van der Waals surface area contributed by atoms with Crippen LogP contribution < -0.4 is 5.73 Å². The molecule has 2 rings (SSSR count). The maximum atomic E-state index is 13.5. The predicted octanol–water partition coefficient (Wildman–Crippen LogP) is 3.54. The minimum atomic E-state index is -1.38. The Morgan fingerprint density at radius 1 is 1.35 bits per heavy atom. The maximum absolute atomic E-state index is 13.5. The van der Waals surface area contributed by atoms with Gasteiger partial charge in [-0.25, -0.2) is 4.39 Å². The fourth-order valence-electron chi connectivity index (χ4n) is 1.34. The van der Waals surface area contributed by atoms with Crippen LogP contribution in [0.5, 0.6) is 0 Å². The molecule has 17 heavy (non-hydrogen) atoms. The first-order chi connectivity index (χ1) is 8.06. The molecule has 1 aromatic heterocycles. The van der Waals surface area contributed by atoms with Gasteiger partial charge in [-0.15, -0.1) is 11.3 Å². The standard InChI is InChI=1S/C11H9BrFNOS2/c12-11-4-2-8(16-11)6-17(15)10-3-1-7(14)5-9(10)13/h1-5H,6,14H2. The van der Waals surface area contributed by atoms with E-state index in [1.807, 2.05) is 12.1 Å². The van der Waals surface area contributed by atoms with Crippen molar-refractivity contribution < 1.29 is 8.60 Å². The van der Waals surface area contributed by atoms with E-state index in [-0.39, 0.29) is 4.90 Å². The minimum Gasteiger partial charge on any atom is -0.399 e. The summed E-state index contributed by atoms with van der Waals surface area (Å²) < 4.78 is 26.5. The number of thiophene rings is 1. The first-order valence-electron chi connectivity index (χ1n) is 4.74. The third kappa shape index (κ3) is 3.14.